The first kappa shape index (κ1) is 14.5. The molecule has 0 aromatic heterocycles. The Hall–Kier alpha value is -1.39. The molecule has 2 aliphatic rings. The van der Waals surface area contributed by atoms with Crippen LogP contribution < -0.4 is 0 Å². The van der Waals surface area contributed by atoms with Gasteiger partial charge >= 0.3 is 0 Å². The Labute approximate surface area is 126 Å². The first-order valence-electron chi connectivity index (χ1n) is 7.66. The summed E-state index contributed by atoms with van der Waals surface area (Å²) in [7, 11) is 1.90. The maximum absolute atomic E-state index is 11.9. The van der Waals surface area contributed by atoms with Gasteiger partial charge in [-0.15, -0.1) is 0 Å². The van der Waals surface area contributed by atoms with Crippen LogP contribution in [-0.4, -0.2) is 55.6 Å². The van der Waals surface area contributed by atoms with Gasteiger partial charge in [0.05, 0.1) is 13.2 Å². The van der Waals surface area contributed by atoms with E-state index < -0.39 is 0 Å². The fourth-order valence-corrected chi connectivity index (χ4v) is 3.59. The lowest BCUT2D eigenvalue weighted by Crippen LogP contribution is -2.40. The molecule has 1 spiro atoms. The van der Waals surface area contributed by atoms with Gasteiger partial charge in [0.1, 0.15) is 0 Å². The average Bonchev–Trinajstić information content (AvgIpc) is 2.58. The van der Waals surface area contributed by atoms with Crippen molar-refractivity contribution in [2.24, 2.45) is 5.41 Å². The summed E-state index contributed by atoms with van der Waals surface area (Å²) < 4.78 is 5.80. The molecule has 1 aromatic rings. The third-order valence-electron chi connectivity index (χ3n) is 4.53. The van der Waals surface area contributed by atoms with Crippen molar-refractivity contribution in [1.29, 1.82) is 0 Å². The standard InChI is InChI=1S/C17H24N2O2/c1-14-4-3-5-15(8-14)10-19-6-7-21-13-17(12-19)9-16(20)18(2)11-17/h3-5,8H,6-7,9-13H2,1-2H3/t17-/m0/s1. The van der Waals surface area contributed by atoms with E-state index in [1.807, 2.05) is 11.9 Å². The molecule has 0 bridgehead atoms. The van der Waals surface area contributed by atoms with Gasteiger partial charge in [-0.3, -0.25) is 9.69 Å². The molecular weight excluding hydrogens is 264 g/mol. The average molecular weight is 288 g/mol. The lowest BCUT2D eigenvalue weighted by atomic mass is 9.87. The minimum absolute atomic E-state index is 0.0217. The molecule has 2 heterocycles. The number of rotatable bonds is 2. The zero-order valence-electron chi connectivity index (χ0n) is 13.0. The van der Waals surface area contributed by atoms with Crippen molar-refractivity contribution in [3.8, 4) is 0 Å². The van der Waals surface area contributed by atoms with Gasteiger partial charge in [0.15, 0.2) is 0 Å². The van der Waals surface area contributed by atoms with E-state index >= 15 is 0 Å². The van der Waals surface area contributed by atoms with E-state index in [1.54, 1.807) is 0 Å². The van der Waals surface area contributed by atoms with Crippen LogP contribution in [0.25, 0.3) is 0 Å². The van der Waals surface area contributed by atoms with Gasteiger partial charge in [0.25, 0.3) is 0 Å². The van der Waals surface area contributed by atoms with E-state index in [9.17, 15) is 4.79 Å². The maximum atomic E-state index is 11.9. The minimum Gasteiger partial charge on any atom is -0.379 e. The summed E-state index contributed by atoms with van der Waals surface area (Å²) in [6, 6.07) is 8.66. The van der Waals surface area contributed by atoms with Crippen molar-refractivity contribution in [2.45, 2.75) is 19.9 Å². The molecule has 0 N–H and O–H groups in total. The van der Waals surface area contributed by atoms with Gasteiger partial charge in [-0.2, -0.15) is 0 Å². The molecular formula is C17H24N2O2. The summed E-state index contributed by atoms with van der Waals surface area (Å²) in [5.74, 6) is 0.246. The fraction of sp³-hybridized carbons (Fsp3) is 0.588. The van der Waals surface area contributed by atoms with Gasteiger partial charge < -0.3 is 9.64 Å². The molecule has 4 heteroatoms. The Morgan fingerprint density at radius 2 is 2.19 bits per heavy atom. The van der Waals surface area contributed by atoms with E-state index in [0.717, 1.165) is 32.8 Å². The highest BCUT2D eigenvalue weighted by Gasteiger charge is 2.44. The molecule has 0 radical (unpaired) electrons. The third-order valence-corrected chi connectivity index (χ3v) is 4.53. The normalized spacial score (nSPS) is 27.3. The molecule has 2 saturated heterocycles. The second-order valence-corrected chi connectivity index (χ2v) is 6.68. The lowest BCUT2D eigenvalue weighted by Gasteiger charge is -2.30. The minimum atomic E-state index is -0.0217. The topological polar surface area (TPSA) is 32.8 Å². The van der Waals surface area contributed by atoms with E-state index in [1.165, 1.54) is 11.1 Å². The first-order valence-corrected chi connectivity index (χ1v) is 7.66. The van der Waals surface area contributed by atoms with Crippen LogP contribution in [0.2, 0.25) is 0 Å². The molecule has 114 valence electrons. The predicted octanol–water partition coefficient (Wildman–Crippen LogP) is 1.68. The summed E-state index contributed by atoms with van der Waals surface area (Å²) in [5, 5.41) is 0. The summed E-state index contributed by atoms with van der Waals surface area (Å²) >= 11 is 0. The molecule has 0 unspecified atom stereocenters. The van der Waals surface area contributed by atoms with Crippen LogP contribution in [0.15, 0.2) is 24.3 Å². The van der Waals surface area contributed by atoms with Crippen LogP contribution in [0.4, 0.5) is 0 Å². The maximum Gasteiger partial charge on any atom is 0.223 e. The van der Waals surface area contributed by atoms with Crippen LogP contribution in [0.5, 0.6) is 0 Å². The Kier molecular flexibility index (Phi) is 4.00. The molecule has 1 atom stereocenters. The van der Waals surface area contributed by atoms with E-state index in [2.05, 4.69) is 36.1 Å². The lowest BCUT2D eigenvalue weighted by molar-refractivity contribution is -0.126. The van der Waals surface area contributed by atoms with Crippen LogP contribution in [0.3, 0.4) is 0 Å². The number of hydrogen-bond acceptors (Lipinski definition) is 3. The fourth-order valence-electron chi connectivity index (χ4n) is 3.59. The highest BCUT2D eigenvalue weighted by Crippen LogP contribution is 2.33. The van der Waals surface area contributed by atoms with Gasteiger partial charge in [-0.1, -0.05) is 29.8 Å². The van der Waals surface area contributed by atoms with Crippen LogP contribution >= 0.6 is 0 Å². The Balaban J connectivity index is 1.72. The van der Waals surface area contributed by atoms with Gasteiger partial charge in [0.2, 0.25) is 5.91 Å². The smallest absolute Gasteiger partial charge is 0.223 e. The Morgan fingerprint density at radius 3 is 2.90 bits per heavy atom. The Bertz CT molecular complexity index is 531. The first-order chi connectivity index (χ1) is 10.1. The quantitative estimate of drug-likeness (QED) is 0.830. The molecule has 2 fully saturated rings. The number of carbonyl (C=O) groups is 1. The van der Waals surface area contributed by atoms with Crippen molar-refractivity contribution in [2.75, 3.05) is 39.9 Å². The molecule has 1 aromatic carbocycles. The van der Waals surface area contributed by atoms with Crippen molar-refractivity contribution in [3.63, 3.8) is 0 Å². The number of carbonyl (C=O) groups excluding carboxylic acids is 1. The summed E-state index contributed by atoms with van der Waals surface area (Å²) in [6.45, 7) is 7.21. The van der Waals surface area contributed by atoms with Gasteiger partial charge in [0, 0.05) is 45.1 Å². The molecule has 0 saturated carbocycles. The number of likely N-dealkylation sites (tertiary alicyclic amines) is 1. The zero-order chi connectivity index (χ0) is 14.9. The van der Waals surface area contributed by atoms with Crippen molar-refractivity contribution in [3.05, 3.63) is 35.4 Å². The van der Waals surface area contributed by atoms with Crippen LogP contribution in [-0.2, 0) is 16.1 Å². The number of hydrogen-bond donors (Lipinski definition) is 0. The van der Waals surface area contributed by atoms with Gasteiger partial charge in [-0.25, -0.2) is 0 Å². The summed E-state index contributed by atoms with van der Waals surface area (Å²) in [6.07, 6.45) is 0.619. The number of nitrogens with zero attached hydrogens (tertiary/aromatic N) is 2. The van der Waals surface area contributed by atoms with Crippen LogP contribution in [0.1, 0.15) is 17.5 Å². The number of ether oxygens (including phenoxy) is 1. The van der Waals surface area contributed by atoms with E-state index in [0.29, 0.717) is 13.0 Å². The molecule has 21 heavy (non-hydrogen) atoms. The number of amides is 1. The third kappa shape index (κ3) is 3.27. The highest BCUT2D eigenvalue weighted by molar-refractivity contribution is 5.79. The largest absolute Gasteiger partial charge is 0.379 e. The highest BCUT2D eigenvalue weighted by atomic mass is 16.5. The summed E-state index contributed by atoms with van der Waals surface area (Å²) in [4.78, 5) is 16.2. The molecule has 1 amide bonds. The molecule has 4 nitrogen and oxygen atoms in total. The SMILES string of the molecule is Cc1cccc(CN2CCOC[C@]3(CC(=O)N(C)C3)C2)c1. The number of benzene rings is 1. The molecule has 2 aliphatic heterocycles. The van der Waals surface area contributed by atoms with Crippen molar-refractivity contribution < 1.29 is 9.53 Å². The predicted molar refractivity (Wildman–Crippen MR) is 82.0 cm³/mol. The summed E-state index contributed by atoms with van der Waals surface area (Å²) in [5.41, 5.74) is 2.61. The van der Waals surface area contributed by atoms with E-state index in [4.69, 9.17) is 4.74 Å². The number of aryl methyl sites for hydroxylation is 1. The molecule has 0 aliphatic carbocycles. The van der Waals surface area contributed by atoms with Crippen molar-refractivity contribution >= 4 is 5.91 Å². The molecule has 3 rings (SSSR count). The van der Waals surface area contributed by atoms with Crippen LogP contribution in [0, 0.1) is 12.3 Å². The van der Waals surface area contributed by atoms with Gasteiger partial charge in [-0.05, 0) is 12.5 Å². The second-order valence-electron chi connectivity index (χ2n) is 6.68. The monoisotopic (exact) mass is 288 g/mol. The Morgan fingerprint density at radius 1 is 1.33 bits per heavy atom. The second kappa shape index (κ2) is 5.78. The zero-order valence-corrected chi connectivity index (χ0v) is 13.0. The van der Waals surface area contributed by atoms with E-state index in [-0.39, 0.29) is 11.3 Å². The van der Waals surface area contributed by atoms with Crippen molar-refractivity contribution in [1.82, 2.24) is 9.80 Å².